The van der Waals surface area contributed by atoms with Crippen LogP contribution in [0.2, 0.25) is 0 Å². The Morgan fingerprint density at radius 1 is 1.24 bits per heavy atom. The van der Waals surface area contributed by atoms with Crippen LogP contribution in [0.4, 0.5) is 5.82 Å². The fourth-order valence-corrected chi connectivity index (χ4v) is 4.58. The van der Waals surface area contributed by atoms with E-state index in [4.69, 9.17) is 10.7 Å². The minimum atomic E-state index is 0.0994. The van der Waals surface area contributed by atoms with E-state index in [0.717, 1.165) is 59.3 Å². The number of nitrogen functional groups attached to an aromatic ring is 1. The summed E-state index contributed by atoms with van der Waals surface area (Å²) < 4.78 is 2.08. The summed E-state index contributed by atoms with van der Waals surface area (Å²) in [7, 11) is 1.71. The number of carbonyl (C=O) groups is 1. The molecule has 148 valence electrons. The van der Waals surface area contributed by atoms with E-state index in [0.29, 0.717) is 11.7 Å². The van der Waals surface area contributed by atoms with E-state index in [9.17, 15) is 4.79 Å². The van der Waals surface area contributed by atoms with Crippen LogP contribution in [0.1, 0.15) is 37.4 Å². The highest BCUT2D eigenvalue weighted by molar-refractivity contribution is 5.91. The lowest BCUT2D eigenvalue weighted by atomic mass is 9.81. The van der Waals surface area contributed by atoms with Crippen LogP contribution in [0, 0.1) is 5.92 Å². The number of para-hydroxylation sites is 1. The minimum Gasteiger partial charge on any atom is -0.382 e. The molecule has 0 unspecified atom stereocenters. The highest BCUT2D eigenvalue weighted by Crippen LogP contribution is 2.38. The van der Waals surface area contributed by atoms with Gasteiger partial charge in [-0.2, -0.15) is 0 Å². The van der Waals surface area contributed by atoms with Gasteiger partial charge in [0.15, 0.2) is 0 Å². The quantitative estimate of drug-likeness (QED) is 0.500. The topological polar surface area (TPSA) is 101 Å². The molecule has 3 heterocycles. The van der Waals surface area contributed by atoms with Crippen LogP contribution in [0.15, 0.2) is 42.7 Å². The Morgan fingerprint density at radius 2 is 2.03 bits per heavy atom. The van der Waals surface area contributed by atoms with Gasteiger partial charge in [-0.1, -0.05) is 18.2 Å². The van der Waals surface area contributed by atoms with Crippen molar-refractivity contribution in [2.45, 2.75) is 31.6 Å². The first kappa shape index (κ1) is 17.7. The average Bonchev–Trinajstić information content (AvgIpc) is 3.35. The molecule has 1 aromatic carbocycles. The lowest BCUT2D eigenvalue weighted by Crippen LogP contribution is -2.30. The van der Waals surface area contributed by atoms with Crippen molar-refractivity contribution < 1.29 is 4.79 Å². The van der Waals surface area contributed by atoms with Gasteiger partial charge in [-0.25, -0.2) is 9.97 Å². The van der Waals surface area contributed by atoms with Crippen LogP contribution in [0.5, 0.6) is 0 Å². The zero-order valence-corrected chi connectivity index (χ0v) is 16.4. The minimum absolute atomic E-state index is 0.0994. The molecule has 0 saturated heterocycles. The molecule has 0 atom stereocenters. The van der Waals surface area contributed by atoms with Crippen molar-refractivity contribution in [3.63, 3.8) is 0 Å². The van der Waals surface area contributed by atoms with E-state index in [-0.39, 0.29) is 11.8 Å². The third-order valence-corrected chi connectivity index (χ3v) is 6.10. The van der Waals surface area contributed by atoms with Crippen molar-refractivity contribution in [1.82, 2.24) is 24.7 Å². The summed E-state index contributed by atoms with van der Waals surface area (Å²) >= 11 is 0. The van der Waals surface area contributed by atoms with E-state index in [2.05, 4.69) is 37.9 Å². The predicted octanol–water partition coefficient (Wildman–Crippen LogP) is 3.48. The molecule has 1 fully saturated rings. The first-order chi connectivity index (χ1) is 14.2. The molecule has 7 heteroatoms. The summed E-state index contributed by atoms with van der Waals surface area (Å²) in [5.41, 5.74) is 9.94. The third kappa shape index (κ3) is 2.93. The summed E-state index contributed by atoms with van der Waals surface area (Å²) in [6, 6.07) is 10.3. The number of nitrogens with two attached hydrogens (primary N) is 1. The predicted molar refractivity (Wildman–Crippen MR) is 113 cm³/mol. The Labute approximate surface area is 168 Å². The van der Waals surface area contributed by atoms with Crippen LogP contribution in [0.3, 0.4) is 0 Å². The molecule has 3 aromatic heterocycles. The summed E-state index contributed by atoms with van der Waals surface area (Å²) in [5, 5.41) is 3.91. The maximum absolute atomic E-state index is 12.0. The number of carbonyl (C=O) groups excluding carboxylic acids is 1. The molecule has 0 radical (unpaired) electrons. The van der Waals surface area contributed by atoms with Gasteiger partial charge in [0.05, 0.1) is 5.69 Å². The fraction of sp³-hybridized carbons (Fsp3) is 0.318. The summed E-state index contributed by atoms with van der Waals surface area (Å²) in [6.07, 6.45) is 7.28. The highest BCUT2D eigenvalue weighted by Gasteiger charge is 2.30. The van der Waals surface area contributed by atoms with Crippen molar-refractivity contribution in [3.8, 4) is 11.4 Å². The standard InChI is InChI=1S/C22H24N6O/c1-24-22(29)14-8-6-13(7-9-14)21-27-18(19-20(23)25-10-11-28(19)21)17-12-15-4-2-3-5-16(15)26-17/h2-5,10-14,26H,6-9H2,1H3,(H2,23,25)(H,24,29). The first-order valence-electron chi connectivity index (χ1n) is 10.1. The zero-order valence-electron chi connectivity index (χ0n) is 16.4. The number of nitrogens with zero attached hydrogens (tertiary/aromatic N) is 3. The number of aromatic nitrogens is 4. The van der Waals surface area contributed by atoms with E-state index < -0.39 is 0 Å². The molecule has 4 aromatic rings. The number of benzene rings is 1. The van der Waals surface area contributed by atoms with Crippen LogP contribution < -0.4 is 11.1 Å². The molecular formula is C22H24N6O. The smallest absolute Gasteiger partial charge is 0.222 e. The Kier molecular flexibility index (Phi) is 4.23. The van der Waals surface area contributed by atoms with Gasteiger partial charge in [-0.3, -0.25) is 9.20 Å². The molecule has 5 rings (SSSR count). The van der Waals surface area contributed by atoms with Gasteiger partial charge in [0, 0.05) is 42.2 Å². The van der Waals surface area contributed by atoms with Crippen LogP contribution in [-0.2, 0) is 4.79 Å². The van der Waals surface area contributed by atoms with Crippen molar-refractivity contribution >= 4 is 28.1 Å². The van der Waals surface area contributed by atoms with Gasteiger partial charge >= 0.3 is 0 Å². The Balaban J connectivity index is 1.57. The normalized spacial score (nSPS) is 19.6. The molecule has 4 N–H and O–H groups in total. The summed E-state index contributed by atoms with van der Waals surface area (Å²) in [6.45, 7) is 0. The van der Waals surface area contributed by atoms with Gasteiger partial charge < -0.3 is 16.0 Å². The van der Waals surface area contributed by atoms with Crippen LogP contribution >= 0.6 is 0 Å². The van der Waals surface area contributed by atoms with Crippen molar-refractivity contribution in [2.24, 2.45) is 5.92 Å². The van der Waals surface area contributed by atoms with Gasteiger partial charge in [0.25, 0.3) is 0 Å². The zero-order chi connectivity index (χ0) is 20.0. The average molecular weight is 388 g/mol. The molecule has 29 heavy (non-hydrogen) atoms. The number of hydrogen-bond donors (Lipinski definition) is 3. The molecule has 1 aliphatic rings. The fourth-order valence-electron chi connectivity index (χ4n) is 4.58. The second-order valence-corrected chi connectivity index (χ2v) is 7.78. The number of anilines is 1. The van der Waals surface area contributed by atoms with E-state index in [1.807, 2.05) is 18.3 Å². The van der Waals surface area contributed by atoms with Crippen molar-refractivity contribution in [2.75, 3.05) is 12.8 Å². The maximum Gasteiger partial charge on any atom is 0.222 e. The van der Waals surface area contributed by atoms with E-state index >= 15 is 0 Å². The summed E-state index contributed by atoms with van der Waals surface area (Å²) in [5.74, 6) is 2.01. The second kappa shape index (κ2) is 6.92. The number of amides is 1. The molecule has 7 nitrogen and oxygen atoms in total. The number of hydrogen-bond acceptors (Lipinski definition) is 4. The highest BCUT2D eigenvalue weighted by atomic mass is 16.1. The van der Waals surface area contributed by atoms with E-state index in [1.54, 1.807) is 13.2 Å². The van der Waals surface area contributed by atoms with Crippen LogP contribution in [0.25, 0.3) is 27.8 Å². The lowest BCUT2D eigenvalue weighted by Gasteiger charge is -2.26. The molecule has 1 saturated carbocycles. The maximum atomic E-state index is 12.0. The van der Waals surface area contributed by atoms with Gasteiger partial charge in [-0.15, -0.1) is 0 Å². The van der Waals surface area contributed by atoms with Gasteiger partial charge in [0.1, 0.15) is 22.9 Å². The van der Waals surface area contributed by atoms with Crippen molar-refractivity contribution in [1.29, 1.82) is 0 Å². The Hall–Kier alpha value is -3.35. The molecular weight excluding hydrogens is 364 g/mol. The molecule has 0 aliphatic heterocycles. The first-order valence-corrected chi connectivity index (χ1v) is 10.1. The molecule has 1 amide bonds. The lowest BCUT2D eigenvalue weighted by molar-refractivity contribution is -0.125. The molecule has 0 bridgehead atoms. The Morgan fingerprint density at radius 3 is 2.79 bits per heavy atom. The Bertz CT molecular complexity index is 1170. The number of rotatable bonds is 3. The number of nitrogens with one attached hydrogen (secondary N) is 2. The van der Waals surface area contributed by atoms with Crippen molar-refractivity contribution in [3.05, 3.63) is 48.5 Å². The second-order valence-electron chi connectivity index (χ2n) is 7.78. The number of imidazole rings is 1. The largest absolute Gasteiger partial charge is 0.382 e. The van der Waals surface area contributed by atoms with Gasteiger partial charge in [-0.05, 0) is 37.8 Å². The molecule has 1 aliphatic carbocycles. The van der Waals surface area contributed by atoms with Crippen LogP contribution in [-0.4, -0.2) is 32.3 Å². The monoisotopic (exact) mass is 388 g/mol. The number of fused-ring (bicyclic) bond motifs is 2. The molecule has 0 spiro atoms. The SMILES string of the molecule is CNC(=O)C1CCC(c2nc(-c3cc4ccccc4[nH]3)c3c(N)nccn23)CC1. The number of H-pyrrole nitrogens is 1. The third-order valence-electron chi connectivity index (χ3n) is 6.10. The number of aromatic amines is 1. The van der Waals surface area contributed by atoms with Gasteiger partial charge in [0.2, 0.25) is 5.91 Å². The summed E-state index contributed by atoms with van der Waals surface area (Å²) in [4.78, 5) is 24.8. The van der Waals surface area contributed by atoms with E-state index in [1.165, 1.54) is 0 Å².